The summed E-state index contributed by atoms with van der Waals surface area (Å²) in [5.74, 6) is 1.19. The van der Waals surface area contributed by atoms with Crippen LogP contribution in [0.1, 0.15) is 39.1 Å². The second-order valence-corrected chi connectivity index (χ2v) is 5.77. The van der Waals surface area contributed by atoms with Crippen molar-refractivity contribution in [1.29, 1.82) is 0 Å². The molecule has 0 radical (unpaired) electrons. The average Bonchev–Trinajstić information content (AvgIpc) is 2.28. The fraction of sp³-hybridized carbons (Fsp3) is 0.615. The third kappa shape index (κ3) is 5.03. The number of anilines is 1. The number of hydrogen-bond donors (Lipinski definition) is 2. The third-order valence-electron chi connectivity index (χ3n) is 2.38. The molecule has 0 aliphatic carbocycles. The predicted octanol–water partition coefficient (Wildman–Crippen LogP) is 2.33. The van der Waals surface area contributed by atoms with E-state index < -0.39 is 0 Å². The number of halogens is 1. The van der Waals surface area contributed by atoms with Gasteiger partial charge in [0.15, 0.2) is 0 Å². The van der Waals surface area contributed by atoms with E-state index in [0.29, 0.717) is 23.2 Å². The molecule has 106 valence electrons. The lowest BCUT2D eigenvalue weighted by molar-refractivity contribution is -0.120. The Morgan fingerprint density at radius 1 is 1.32 bits per heavy atom. The van der Waals surface area contributed by atoms with E-state index in [9.17, 15) is 4.79 Å². The molecule has 0 unspecified atom stereocenters. The summed E-state index contributed by atoms with van der Waals surface area (Å²) in [4.78, 5) is 20.2. The second kappa shape index (κ2) is 6.19. The summed E-state index contributed by atoms with van der Waals surface area (Å²) >= 11 is 6.03. The van der Waals surface area contributed by atoms with Gasteiger partial charge in [0.05, 0.1) is 6.54 Å². The van der Waals surface area contributed by atoms with Crippen LogP contribution in [0, 0.1) is 6.92 Å². The Balaban J connectivity index is 2.72. The van der Waals surface area contributed by atoms with Gasteiger partial charge in [0, 0.05) is 17.5 Å². The highest BCUT2D eigenvalue weighted by Crippen LogP contribution is 2.19. The van der Waals surface area contributed by atoms with Crippen molar-refractivity contribution < 1.29 is 4.79 Å². The molecule has 0 fully saturated rings. The van der Waals surface area contributed by atoms with E-state index in [1.807, 2.05) is 34.6 Å². The van der Waals surface area contributed by atoms with E-state index in [-0.39, 0.29) is 18.0 Å². The summed E-state index contributed by atoms with van der Waals surface area (Å²) in [5, 5.41) is 6.30. The minimum atomic E-state index is -0.244. The minimum Gasteiger partial charge on any atom is -0.361 e. The first-order valence-electron chi connectivity index (χ1n) is 6.31. The van der Waals surface area contributed by atoms with Crippen LogP contribution >= 0.6 is 11.6 Å². The Morgan fingerprint density at radius 2 is 1.95 bits per heavy atom. The Morgan fingerprint density at radius 3 is 2.47 bits per heavy atom. The van der Waals surface area contributed by atoms with Gasteiger partial charge in [0.1, 0.15) is 16.8 Å². The van der Waals surface area contributed by atoms with Gasteiger partial charge in [-0.15, -0.1) is 0 Å². The van der Waals surface area contributed by atoms with Crippen LogP contribution in [0.2, 0.25) is 5.15 Å². The molecule has 1 rings (SSSR count). The largest absolute Gasteiger partial charge is 0.361 e. The standard InChI is InChI=1S/C13H21ClN4O/c1-6-9-16-11(14)8(2)12(17-9)15-7-10(19)18-13(3,4)5/h6-7H2,1-5H3,(H,18,19)(H,15,16,17). The van der Waals surface area contributed by atoms with E-state index in [2.05, 4.69) is 20.6 Å². The van der Waals surface area contributed by atoms with Crippen LogP contribution in [0.25, 0.3) is 0 Å². The van der Waals surface area contributed by atoms with Crippen LogP contribution in [0.4, 0.5) is 5.82 Å². The van der Waals surface area contributed by atoms with E-state index in [0.717, 1.165) is 5.56 Å². The molecule has 0 atom stereocenters. The molecule has 5 nitrogen and oxygen atoms in total. The van der Waals surface area contributed by atoms with E-state index in [1.54, 1.807) is 0 Å². The zero-order valence-corrected chi connectivity index (χ0v) is 12.9. The summed E-state index contributed by atoms with van der Waals surface area (Å²) < 4.78 is 0. The van der Waals surface area contributed by atoms with Crippen molar-refractivity contribution in [3.8, 4) is 0 Å². The van der Waals surface area contributed by atoms with Crippen LogP contribution in [0.15, 0.2) is 0 Å². The number of carbonyl (C=O) groups excluding carboxylic acids is 1. The molecule has 1 amide bonds. The lowest BCUT2D eigenvalue weighted by atomic mass is 10.1. The van der Waals surface area contributed by atoms with Crippen molar-refractivity contribution in [3.05, 3.63) is 16.5 Å². The highest BCUT2D eigenvalue weighted by molar-refractivity contribution is 6.30. The highest BCUT2D eigenvalue weighted by Gasteiger charge is 2.14. The number of nitrogens with zero attached hydrogens (tertiary/aromatic N) is 2. The summed E-state index contributed by atoms with van der Waals surface area (Å²) in [6.45, 7) is 9.75. The summed E-state index contributed by atoms with van der Waals surface area (Å²) in [7, 11) is 0. The molecule has 1 aromatic heterocycles. The maximum atomic E-state index is 11.7. The SMILES string of the molecule is CCc1nc(Cl)c(C)c(NCC(=O)NC(C)(C)C)n1. The molecular formula is C13H21ClN4O. The first-order valence-corrected chi connectivity index (χ1v) is 6.68. The van der Waals surface area contributed by atoms with Crippen molar-refractivity contribution in [2.45, 2.75) is 46.6 Å². The van der Waals surface area contributed by atoms with Gasteiger partial charge in [-0.3, -0.25) is 4.79 Å². The second-order valence-electron chi connectivity index (χ2n) is 5.41. The Bertz CT molecular complexity index is 468. The monoisotopic (exact) mass is 284 g/mol. The topological polar surface area (TPSA) is 66.9 Å². The normalized spacial score (nSPS) is 11.3. The maximum Gasteiger partial charge on any atom is 0.239 e. The lowest BCUT2D eigenvalue weighted by Crippen LogP contribution is -2.43. The van der Waals surface area contributed by atoms with Gasteiger partial charge in [0.2, 0.25) is 5.91 Å². The number of aromatic nitrogens is 2. The van der Waals surface area contributed by atoms with Gasteiger partial charge in [-0.05, 0) is 27.7 Å². The van der Waals surface area contributed by atoms with Crippen molar-refractivity contribution in [3.63, 3.8) is 0 Å². The maximum absolute atomic E-state index is 11.7. The number of carbonyl (C=O) groups is 1. The van der Waals surface area contributed by atoms with E-state index in [4.69, 9.17) is 11.6 Å². The lowest BCUT2D eigenvalue weighted by Gasteiger charge is -2.21. The minimum absolute atomic E-state index is 0.0836. The summed E-state index contributed by atoms with van der Waals surface area (Å²) in [5.41, 5.74) is 0.508. The molecule has 0 aromatic carbocycles. The van der Waals surface area contributed by atoms with Crippen molar-refractivity contribution in [2.24, 2.45) is 0 Å². The molecular weight excluding hydrogens is 264 g/mol. The highest BCUT2D eigenvalue weighted by atomic mass is 35.5. The molecule has 2 N–H and O–H groups in total. The number of nitrogens with one attached hydrogen (secondary N) is 2. The average molecular weight is 285 g/mol. The summed E-state index contributed by atoms with van der Waals surface area (Å²) in [6.07, 6.45) is 0.697. The number of rotatable bonds is 4. The zero-order valence-electron chi connectivity index (χ0n) is 12.1. The van der Waals surface area contributed by atoms with Gasteiger partial charge in [-0.25, -0.2) is 9.97 Å². The van der Waals surface area contributed by atoms with Crippen molar-refractivity contribution >= 4 is 23.3 Å². The number of amides is 1. The molecule has 0 aliphatic rings. The molecule has 19 heavy (non-hydrogen) atoms. The van der Waals surface area contributed by atoms with E-state index >= 15 is 0 Å². The van der Waals surface area contributed by atoms with Gasteiger partial charge in [0.25, 0.3) is 0 Å². The smallest absolute Gasteiger partial charge is 0.239 e. The van der Waals surface area contributed by atoms with Crippen LogP contribution in [-0.2, 0) is 11.2 Å². The molecule has 0 aliphatic heterocycles. The van der Waals surface area contributed by atoms with Crippen molar-refractivity contribution in [1.82, 2.24) is 15.3 Å². The number of hydrogen-bond acceptors (Lipinski definition) is 4. The van der Waals surface area contributed by atoms with Gasteiger partial charge < -0.3 is 10.6 Å². The van der Waals surface area contributed by atoms with Gasteiger partial charge in [-0.2, -0.15) is 0 Å². The molecule has 6 heteroatoms. The fourth-order valence-electron chi connectivity index (χ4n) is 1.49. The molecule has 0 saturated heterocycles. The molecule has 1 aromatic rings. The quantitative estimate of drug-likeness (QED) is 0.833. The Labute approximate surface area is 119 Å². The first kappa shape index (κ1) is 15.7. The predicted molar refractivity (Wildman–Crippen MR) is 77.5 cm³/mol. The molecule has 1 heterocycles. The van der Waals surface area contributed by atoms with Crippen LogP contribution in [0.3, 0.4) is 0 Å². The molecule has 0 bridgehead atoms. The molecule has 0 saturated carbocycles. The van der Waals surface area contributed by atoms with E-state index in [1.165, 1.54) is 0 Å². The third-order valence-corrected chi connectivity index (χ3v) is 2.75. The first-order chi connectivity index (χ1) is 8.73. The van der Waals surface area contributed by atoms with Crippen LogP contribution in [-0.4, -0.2) is 28.0 Å². The fourth-order valence-corrected chi connectivity index (χ4v) is 1.68. The van der Waals surface area contributed by atoms with Gasteiger partial charge in [-0.1, -0.05) is 18.5 Å². The Kier molecular flexibility index (Phi) is 5.11. The molecule has 0 spiro atoms. The summed E-state index contributed by atoms with van der Waals surface area (Å²) in [6, 6.07) is 0. The Hall–Kier alpha value is -1.36. The number of aryl methyl sites for hydroxylation is 1. The zero-order chi connectivity index (χ0) is 14.6. The van der Waals surface area contributed by atoms with Crippen LogP contribution < -0.4 is 10.6 Å². The van der Waals surface area contributed by atoms with Gasteiger partial charge >= 0.3 is 0 Å². The van der Waals surface area contributed by atoms with Crippen molar-refractivity contribution in [2.75, 3.05) is 11.9 Å². The van der Waals surface area contributed by atoms with Crippen LogP contribution in [0.5, 0.6) is 0 Å².